The topological polar surface area (TPSA) is 67.5 Å². The van der Waals surface area contributed by atoms with Crippen LogP contribution in [0, 0.1) is 0 Å². The zero-order chi connectivity index (χ0) is 9.26. The molecular weight excluding hydrogens is 166 g/mol. The molecule has 4 heteroatoms. The van der Waals surface area contributed by atoms with Gasteiger partial charge in [0.25, 0.3) is 5.91 Å². The van der Waals surface area contributed by atoms with E-state index in [-0.39, 0.29) is 5.84 Å². The van der Waals surface area contributed by atoms with Gasteiger partial charge in [-0.25, -0.2) is 0 Å². The maximum absolute atomic E-state index is 10.8. The number of primary amides is 1. The lowest BCUT2D eigenvalue weighted by molar-refractivity contribution is -0.112. The number of rotatable bonds is 1. The Morgan fingerprint density at radius 2 is 2.23 bits per heavy atom. The Hall–Kier alpha value is -1.84. The van der Waals surface area contributed by atoms with Crippen LogP contribution in [-0.2, 0) is 11.3 Å². The van der Waals surface area contributed by atoms with E-state index in [0.29, 0.717) is 6.54 Å². The van der Waals surface area contributed by atoms with Crippen LogP contribution in [0.1, 0.15) is 5.56 Å². The van der Waals surface area contributed by atoms with E-state index in [2.05, 4.69) is 10.3 Å². The van der Waals surface area contributed by atoms with Crippen molar-refractivity contribution in [2.24, 2.45) is 10.7 Å². The second-order valence-electron chi connectivity index (χ2n) is 2.81. The number of nitrogens with two attached hydrogens (primary N) is 1. The Morgan fingerprint density at radius 1 is 1.46 bits per heavy atom. The van der Waals surface area contributed by atoms with Crippen molar-refractivity contribution in [3.8, 4) is 0 Å². The van der Waals surface area contributed by atoms with Crippen LogP contribution in [0.3, 0.4) is 0 Å². The van der Waals surface area contributed by atoms with Crippen molar-refractivity contribution >= 4 is 17.4 Å². The summed E-state index contributed by atoms with van der Waals surface area (Å²) in [7, 11) is 0. The third kappa shape index (κ3) is 1.38. The third-order valence-electron chi connectivity index (χ3n) is 1.91. The van der Waals surface area contributed by atoms with E-state index in [9.17, 15) is 4.79 Å². The number of benzene rings is 1. The summed E-state index contributed by atoms with van der Waals surface area (Å²) in [5.74, 6) is -0.284. The summed E-state index contributed by atoms with van der Waals surface area (Å²) in [5, 5.41) is 2.87. The van der Waals surface area contributed by atoms with Crippen molar-refractivity contribution in [2.75, 3.05) is 5.32 Å². The van der Waals surface area contributed by atoms with Gasteiger partial charge in [-0.05, 0) is 11.6 Å². The molecule has 0 unspecified atom stereocenters. The van der Waals surface area contributed by atoms with Crippen LogP contribution in [0.25, 0.3) is 0 Å². The molecule has 0 saturated heterocycles. The minimum Gasteiger partial charge on any atom is -0.363 e. The molecule has 0 saturated carbocycles. The van der Waals surface area contributed by atoms with Crippen molar-refractivity contribution in [2.45, 2.75) is 6.54 Å². The van der Waals surface area contributed by atoms with Crippen LogP contribution in [0.15, 0.2) is 29.3 Å². The van der Waals surface area contributed by atoms with Crippen molar-refractivity contribution in [1.29, 1.82) is 0 Å². The van der Waals surface area contributed by atoms with Gasteiger partial charge in [-0.2, -0.15) is 0 Å². The first kappa shape index (κ1) is 7.79. The molecule has 4 nitrogen and oxygen atoms in total. The first-order chi connectivity index (χ1) is 6.27. The molecule has 0 spiro atoms. The smallest absolute Gasteiger partial charge is 0.284 e. The van der Waals surface area contributed by atoms with Gasteiger partial charge in [0.15, 0.2) is 5.84 Å². The molecule has 1 aromatic carbocycles. The predicted octanol–water partition coefficient (Wildman–Crippen LogP) is 0.496. The normalized spacial score (nSPS) is 14.0. The second kappa shape index (κ2) is 2.90. The summed E-state index contributed by atoms with van der Waals surface area (Å²) in [5.41, 5.74) is 7.08. The molecule has 0 aromatic heterocycles. The number of nitrogens with one attached hydrogen (secondary N) is 1. The van der Waals surface area contributed by atoms with Crippen molar-refractivity contribution in [3.63, 3.8) is 0 Å². The largest absolute Gasteiger partial charge is 0.363 e. The summed E-state index contributed by atoms with van der Waals surface area (Å²) in [6, 6.07) is 7.69. The molecule has 1 aliphatic heterocycles. The average molecular weight is 175 g/mol. The number of hydrogen-bond donors (Lipinski definition) is 2. The van der Waals surface area contributed by atoms with Crippen LogP contribution >= 0.6 is 0 Å². The molecule has 1 heterocycles. The molecule has 0 bridgehead atoms. The highest BCUT2D eigenvalue weighted by atomic mass is 16.1. The second-order valence-corrected chi connectivity index (χ2v) is 2.81. The van der Waals surface area contributed by atoms with E-state index in [4.69, 9.17) is 5.73 Å². The Morgan fingerprint density at radius 3 is 3.00 bits per heavy atom. The number of fused-ring (bicyclic) bond motifs is 1. The Balaban J connectivity index is 2.33. The van der Waals surface area contributed by atoms with Crippen LogP contribution in [-0.4, -0.2) is 11.7 Å². The number of carbonyl (C=O) groups is 1. The predicted molar refractivity (Wildman–Crippen MR) is 50.4 cm³/mol. The molecule has 1 aromatic rings. The molecule has 13 heavy (non-hydrogen) atoms. The van der Waals surface area contributed by atoms with Gasteiger partial charge in [0.2, 0.25) is 0 Å². The lowest BCUT2D eigenvalue weighted by atomic mass is 10.1. The SMILES string of the molecule is NC(=O)C1=NCc2ccccc2N1. The number of hydrogen-bond acceptors (Lipinski definition) is 3. The molecule has 1 aliphatic rings. The Kier molecular flexibility index (Phi) is 1.73. The summed E-state index contributed by atoms with van der Waals surface area (Å²) < 4.78 is 0. The molecule has 2 rings (SSSR count). The van der Waals surface area contributed by atoms with Gasteiger partial charge in [-0.3, -0.25) is 9.79 Å². The van der Waals surface area contributed by atoms with Crippen LogP contribution in [0.2, 0.25) is 0 Å². The number of para-hydroxylation sites is 1. The highest BCUT2D eigenvalue weighted by molar-refractivity contribution is 6.42. The highest BCUT2D eigenvalue weighted by Gasteiger charge is 2.13. The average Bonchev–Trinajstić information content (AvgIpc) is 2.17. The summed E-state index contributed by atoms with van der Waals surface area (Å²) in [4.78, 5) is 14.8. The minimum absolute atomic E-state index is 0.235. The lowest BCUT2D eigenvalue weighted by Gasteiger charge is -2.15. The summed E-state index contributed by atoms with van der Waals surface area (Å²) >= 11 is 0. The van der Waals surface area contributed by atoms with Gasteiger partial charge in [-0.15, -0.1) is 0 Å². The fourth-order valence-electron chi connectivity index (χ4n) is 1.25. The molecule has 0 aliphatic carbocycles. The van der Waals surface area contributed by atoms with Gasteiger partial charge in [0.1, 0.15) is 0 Å². The minimum atomic E-state index is -0.519. The van der Waals surface area contributed by atoms with Gasteiger partial charge in [0.05, 0.1) is 6.54 Å². The van der Waals surface area contributed by atoms with Gasteiger partial charge < -0.3 is 11.1 Å². The van der Waals surface area contributed by atoms with E-state index in [0.717, 1.165) is 11.3 Å². The molecular formula is C9H9N3O. The molecule has 3 N–H and O–H groups in total. The fourth-order valence-corrected chi connectivity index (χ4v) is 1.25. The number of amides is 1. The number of carbonyl (C=O) groups excluding carboxylic acids is 1. The van der Waals surface area contributed by atoms with Gasteiger partial charge >= 0.3 is 0 Å². The van der Waals surface area contributed by atoms with Crippen molar-refractivity contribution in [1.82, 2.24) is 0 Å². The van der Waals surface area contributed by atoms with Crippen LogP contribution in [0.5, 0.6) is 0 Å². The molecule has 0 fully saturated rings. The first-order valence-corrected chi connectivity index (χ1v) is 3.96. The first-order valence-electron chi connectivity index (χ1n) is 3.96. The molecule has 0 atom stereocenters. The molecule has 1 amide bonds. The van der Waals surface area contributed by atoms with E-state index < -0.39 is 5.91 Å². The maximum atomic E-state index is 10.8. The number of anilines is 1. The standard InChI is InChI=1S/C9H9N3O/c10-8(13)9-11-5-6-3-1-2-4-7(6)12-9/h1-4H,5H2,(H2,10,13)(H,11,12). The summed E-state index contributed by atoms with van der Waals surface area (Å²) in [6.07, 6.45) is 0. The molecule has 0 radical (unpaired) electrons. The van der Waals surface area contributed by atoms with Crippen molar-refractivity contribution < 1.29 is 4.79 Å². The maximum Gasteiger partial charge on any atom is 0.284 e. The monoisotopic (exact) mass is 175 g/mol. The molecule has 66 valence electrons. The quantitative estimate of drug-likeness (QED) is 0.652. The van der Waals surface area contributed by atoms with Gasteiger partial charge in [0, 0.05) is 5.69 Å². The van der Waals surface area contributed by atoms with E-state index in [1.807, 2.05) is 24.3 Å². The van der Waals surface area contributed by atoms with E-state index >= 15 is 0 Å². The van der Waals surface area contributed by atoms with E-state index in [1.165, 1.54) is 0 Å². The Bertz CT molecular complexity index is 384. The zero-order valence-electron chi connectivity index (χ0n) is 6.95. The fraction of sp³-hybridized carbons (Fsp3) is 0.111. The highest BCUT2D eigenvalue weighted by Crippen LogP contribution is 2.19. The lowest BCUT2D eigenvalue weighted by Crippen LogP contribution is -2.32. The van der Waals surface area contributed by atoms with E-state index in [1.54, 1.807) is 0 Å². The van der Waals surface area contributed by atoms with Crippen LogP contribution in [0.4, 0.5) is 5.69 Å². The number of aliphatic imine (C=N–C) groups is 1. The third-order valence-corrected chi connectivity index (χ3v) is 1.91. The number of amidine groups is 1. The van der Waals surface area contributed by atoms with Crippen molar-refractivity contribution in [3.05, 3.63) is 29.8 Å². The Labute approximate surface area is 75.5 Å². The van der Waals surface area contributed by atoms with Gasteiger partial charge in [-0.1, -0.05) is 18.2 Å². The summed E-state index contributed by atoms with van der Waals surface area (Å²) in [6.45, 7) is 0.515. The number of nitrogens with zero attached hydrogens (tertiary/aromatic N) is 1. The zero-order valence-corrected chi connectivity index (χ0v) is 6.95. The van der Waals surface area contributed by atoms with Crippen LogP contribution < -0.4 is 11.1 Å².